The van der Waals surface area contributed by atoms with Crippen molar-refractivity contribution in [2.45, 2.75) is 6.92 Å². The van der Waals surface area contributed by atoms with Crippen molar-refractivity contribution in [3.8, 4) is 22.7 Å². The summed E-state index contributed by atoms with van der Waals surface area (Å²) in [5.74, 6) is 0.362. The van der Waals surface area contributed by atoms with Crippen LogP contribution in [0, 0.1) is 0 Å². The summed E-state index contributed by atoms with van der Waals surface area (Å²) in [7, 11) is 0. The van der Waals surface area contributed by atoms with E-state index in [-0.39, 0.29) is 5.24 Å². The molecule has 1 saturated heterocycles. The Bertz CT molecular complexity index is 1110. The Labute approximate surface area is 176 Å². The van der Waals surface area contributed by atoms with Gasteiger partial charge in [-0.2, -0.15) is 5.10 Å². The Hall–Kier alpha value is -3.03. The lowest BCUT2D eigenvalue weighted by atomic mass is 10.1. The number of aromatic nitrogens is 2. The standard InChI is InChI=1S/C21H16ClN3O3S/c1-2-28-17-9-3-13(4-10-17)19-14(11-18-20(26)23-21(27)29-18)12-25(24-19)16-7-5-15(22)6-8-16/h3-12H,2H2,1H3,(H,23,26,27)/b18-11+. The van der Waals surface area contributed by atoms with Crippen molar-refractivity contribution < 1.29 is 14.3 Å². The quantitative estimate of drug-likeness (QED) is 0.587. The second-order valence-corrected chi connectivity index (χ2v) is 7.61. The first-order chi connectivity index (χ1) is 14.0. The molecule has 8 heteroatoms. The number of hydrogen-bond donors (Lipinski definition) is 1. The number of nitrogens with zero attached hydrogens (tertiary/aromatic N) is 2. The molecule has 146 valence electrons. The molecule has 4 rings (SSSR count). The van der Waals surface area contributed by atoms with Crippen LogP contribution in [0.4, 0.5) is 4.79 Å². The van der Waals surface area contributed by atoms with E-state index in [9.17, 15) is 9.59 Å². The number of thioether (sulfide) groups is 1. The Balaban J connectivity index is 1.79. The zero-order chi connectivity index (χ0) is 20.4. The summed E-state index contributed by atoms with van der Waals surface area (Å²) in [5.41, 5.74) is 3.09. The number of carbonyl (C=O) groups is 2. The molecule has 1 aromatic heterocycles. The molecule has 29 heavy (non-hydrogen) atoms. The highest BCUT2D eigenvalue weighted by Crippen LogP contribution is 2.31. The fourth-order valence-electron chi connectivity index (χ4n) is 2.88. The highest BCUT2D eigenvalue weighted by molar-refractivity contribution is 8.18. The molecule has 0 bridgehead atoms. The molecule has 1 fully saturated rings. The average Bonchev–Trinajstić information content (AvgIpc) is 3.26. The highest BCUT2D eigenvalue weighted by Gasteiger charge is 2.26. The minimum absolute atomic E-state index is 0.331. The monoisotopic (exact) mass is 425 g/mol. The molecule has 0 spiro atoms. The second-order valence-electron chi connectivity index (χ2n) is 6.16. The number of amides is 2. The summed E-state index contributed by atoms with van der Waals surface area (Å²) in [6.07, 6.45) is 3.49. The van der Waals surface area contributed by atoms with Crippen molar-refractivity contribution >= 4 is 40.6 Å². The van der Waals surface area contributed by atoms with E-state index in [0.717, 1.165) is 34.3 Å². The van der Waals surface area contributed by atoms with Gasteiger partial charge in [0.1, 0.15) is 5.75 Å². The number of hydrogen-bond acceptors (Lipinski definition) is 5. The third kappa shape index (κ3) is 4.21. The minimum Gasteiger partial charge on any atom is -0.494 e. The Morgan fingerprint density at radius 2 is 1.86 bits per heavy atom. The first kappa shape index (κ1) is 19.3. The van der Waals surface area contributed by atoms with Gasteiger partial charge in [-0.1, -0.05) is 11.6 Å². The van der Waals surface area contributed by atoms with Crippen LogP contribution >= 0.6 is 23.4 Å². The van der Waals surface area contributed by atoms with Crippen LogP contribution in [-0.4, -0.2) is 27.5 Å². The maximum absolute atomic E-state index is 12.0. The van der Waals surface area contributed by atoms with E-state index in [1.165, 1.54) is 0 Å². The zero-order valence-corrected chi connectivity index (χ0v) is 17.0. The lowest BCUT2D eigenvalue weighted by Crippen LogP contribution is -2.17. The molecular weight excluding hydrogens is 410 g/mol. The Morgan fingerprint density at radius 3 is 2.48 bits per heavy atom. The van der Waals surface area contributed by atoms with E-state index in [2.05, 4.69) is 5.32 Å². The molecule has 0 atom stereocenters. The Morgan fingerprint density at radius 1 is 1.14 bits per heavy atom. The fourth-order valence-corrected chi connectivity index (χ4v) is 3.68. The second kappa shape index (κ2) is 8.14. The molecule has 0 saturated carbocycles. The maximum Gasteiger partial charge on any atom is 0.290 e. The molecule has 1 aliphatic rings. The van der Waals surface area contributed by atoms with E-state index in [1.807, 2.05) is 49.5 Å². The number of ether oxygens (including phenoxy) is 1. The number of benzene rings is 2. The molecule has 3 aromatic rings. The van der Waals surface area contributed by atoms with Crippen molar-refractivity contribution in [2.75, 3.05) is 6.61 Å². The average molecular weight is 426 g/mol. The van der Waals surface area contributed by atoms with Crippen LogP contribution in [0.1, 0.15) is 12.5 Å². The summed E-state index contributed by atoms with van der Waals surface area (Å²) in [6.45, 7) is 2.51. The summed E-state index contributed by atoms with van der Waals surface area (Å²) < 4.78 is 7.22. The number of carbonyl (C=O) groups excluding carboxylic acids is 2. The molecule has 2 amide bonds. The van der Waals surface area contributed by atoms with Gasteiger partial charge >= 0.3 is 0 Å². The molecule has 0 unspecified atom stereocenters. The van der Waals surface area contributed by atoms with Gasteiger partial charge in [0.2, 0.25) is 0 Å². The van der Waals surface area contributed by atoms with Crippen LogP contribution in [0.2, 0.25) is 5.02 Å². The van der Waals surface area contributed by atoms with E-state index in [1.54, 1.807) is 22.9 Å². The van der Waals surface area contributed by atoms with Crippen molar-refractivity contribution in [1.82, 2.24) is 15.1 Å². The molecule has 2 heterocycles. The summed E-state index contributed by atoms with van der Waals surface area (Å²) >= 11 is 6.86. The molecule has 0 aliphatic carbocycles. The van der Waals surface area contributed by atoms with Gasteiger partial charge in [0, 0.05) is 22.3 Å². The van der Waals surface area contributed by atoms with Gasteiger partial charge in [-0.3, -0.25) is 14.9 Å². The van der Waals surface area contributed by atoms with Gasteiger partial charge < -0.3 is 4.74 Å². The van der Waals surface area contributed by atoms with E-state index in [4.69, 9.17) is 21.4 Å². The first-order valence-electron chi connectivity index (χ1n) is 8.87. The number of rotatable bonds is 5. The van der Waals surface area contributed by atoms with Crippen LogP contribution in [0.5, 0.6) is 5.75 Å². The van der Waals surface area contributed by atoms with Crippen molar-refractivity contribution in [3.05, 3.63) is 70.2 Å². The fraction of sp³-hybridized carbons (Fsp3) is 0.0952. The SMILES string of the molecule is CCOc1ccc(-c2nn(-c3ccc(Cl)cc3)cc2/C=C2/SC(=O)NC2=O)cc1. The van der Waals surface area contributed by atoms with Crippen molar-refractivity contribution in [3.63, 3.8) is 0 Å². The van der Waals surface area contributed by atoms with Crippen LogP contribution < -0.4 is 10.1 Å². The van der Waals surface area contributed by atoms with Crippen LogP contribution in [-0.2, 0) is 4.79 Å². The largest absolute Gasteiger partial charge is 0.494 e. The van der Waals surface area contributed by atoms with Crippen LogP contribution in [0.3, 0.4) is 0 Å². The van der Waals surface area contributed by atoms with Crippen LogP contribution in [0.25, 0.3) is 23.0 Å². The highest BCUT2D eigenvalue weighted by atomic mass is 35.5. The van der Waals surface area contributed by atoms with E-state index < -0.39 is 5.91 Å². The predicted molar refractivity (Wildman–Crippen MR) is 114 cm³/mol. The van der Waals surface area contributed by atoms with Gasteiger partial charge in [0.25, 0.3) is 11.1 Å². The van der Waals surface area contributed by atoms with Gasteiger partial charge in [0.05, 0.1) is 22.9 Å². The smallest absolute Gasteiger partial charge is 0.290 e. The predicted octanol–water partition coefficient (Wildman–Crippen LogP) is 4.92. The molecular formula is C21H16ClN3O3S. The van der Waals surface area contributed by atoms with Gasteiger partial charge in [-0.05, 0) is 73.3 Å². The molecule has 2 aromatic carbocycles. The van der Waals surface area contributed by atoms with Gasteiger partial charge in [-0.15, -0.1) is 0 Å². The summed E-state index contributed by atoms with van der Waals surface area (Å²) in [6, 6.07) is 14.8. The molecule has 1 N–H and O–H groups in total. The topological polar surface area (TPSA) is 73.2 Å². The molecule has 0 radical (unpaired) electrons. The lowest BCUT2D eigenvalue weighted by molar-refractivity contribution is -0.115. The lowest BCUT2D eigenvalue weighted by Gasteiger charge is -2.04. The van der Waals surface area contributed by atoms with E-state index in [0.29, 0.717) is 22.2 Å². The number of imide groups is 1. The minimum atomic E-state index is -0.406. The van der Waals surface area contributed by atoms with Gasteiger partial charge in [-0.25, -0.2) is 4.68 Å². The first-order valence-corrected chi connectivity index (χ1v) is 10.1. The summed E-state index contributed by atoms with van der Waals surface area (Å²) in [4.78, 5) is 23.8. The Kier molecular flexibility index (Phi) is 5.42. The number of nitrogens with one attached hydrogen (secondary N) is 1. The molecule has 6 nitrogen and oxygen atoms in total. The van der Waals surface area contributed by atoms with Gasteiger partial charge in [0.15, 0.2) is 0 Å². The van der Waals surface area contributed by atoms with Crippen molar-refractivity contribution in [2.24, 2.45) is 0 Å². The van der Waals surface area contributed by atoms with E-state index >= 15 is 0 Å². The third-order valence-electron chi connectivity index (χ3n) is 4.20. The maximum atomic E-state index is 12.0. The normalized spacial score (nSPS) is 15.0. The zero-order valence-electron chi connectivity index (χ0n) is 15.4. The number of halogens is 1. The van der Waals surface area contributed by atoms with Crippen molar-refractivity contribution in [1.29, 1.82) is 0 Å². The van der Waals surface area contributed by atoms with Crippen LogP contribution in [0.15, 0.2) is 59.6 Å². The summed E-state index contributed by atoms with van der Waals surface area (Å²) in [5, 5.41) is 7.23. The molecule has 1 aliphatic heterocycles. The third-order valence-corrected chi connectivity index (χ3v) is 5.26.